The predicted molar refractivity (Wildman–Crippen MR) is 65.9 cm³/mol. The number of carbonyl (C=O) groups excluding carboxylic acids is 1. The van der Waals surface area contributed by atoms with Crippen LogP contribution in [0.2, 0.25) is 0 Å². The average Bonchev–Trinajstić information content (AvgIpc) is 3.05. The van der Waals surface area contributed by atoms with Crippen LogP contribution in [0.15, 0.2) is 0 Å². The number of nitrogens with zero attached hydrogens (tertiary/aromatic N) is 2. The molecule has 110 valence electrons. The molecule has 0 saturated heterocycles. The number of carboxylic acids is 2. The van der Waals surface area contributed by atoms with Crippen molar-refractivity contribution in [3.05, 3.63) is 0 Å². The second-order valence-corrected chi connectivity index (χ2v) is 4.61. The highest BCUT2D eigenvalue weighted by atomic mass is 16.6. The maximum Gasteiger partial charge on any atom is 0.414 e. The lowest BCUT2D eigenvalue weighted by atomic mass is 10.4. The maximum absolute atomic E-state index is 11.0. The van der Waals surface area contributed by atoms with Gasteiger partial charge in [-0.2, -0.15) is 0 Å². The molecule has 2 atom stereocenters. The third kappa shape index (κ3) is 7.24. The molecular formula is C11H20N2O6. The van der Waals surface area contributed by atoms with Crippen molar-refractivity contribution in [2.45, 2.75) is 12.5 Å². The summed E-state index contributed by atoms with van der Waals surface area (Å²) in [6.07, 6.45) is 0.901. The Morgan fingerprint density at radius 2 is 1.58 bits per heavy atom. The van der Waals surface area contributed by atoms with Gasteiger partial charge in [0, 0.05) is 26.1 Å². The monoisotopic (exact) mass is 276 g/mol. The highest BCUT2D eigenvalue weighted by Gasteiger charge is 2.39. The first kappa shape index (κ1) is 17.2. The van der Waals surface area contributed by atoms with E-state index in [9.17, 15) is 4.79 Å². The molecule has 2 N–H and O–H groups in total. The minimum atomic E-state index is -1.82. The summed E-state index contributed by atoms with van der Waals surface area (Å²) in [4.78, 5) is 32.9. The van der Waals surface area contributed by atoms with E-state index in [0.717, 1.165) is 6.42 Å². The van der Waals surface area contributed by atoms with Gasteiger partial charge in [0.1, 0.15) is 0 Å². The number of rotatable bonds is 3. The minimum Gasteiger partial charge on any atom is -0.473 e. The van der Waals surface area contributed by atoms with Crippen molar-refractivity contribution in [3.63, 3.8) is 0 Å². The third-order valence-corrected chi connectivity index (χ3v) is 2.52. The smallest absolute Gasteiger partial charge is 0.414 e. The fourth-order valence-corrected chi connectivity index (χ4v) is 1.35. The molecule has 0 aromatic rings. The van der Waals surface area contributed by atoms with Crippen molar-refractivity contribution >= 4 is 18.0 Å². The van der Waals surface area contributed by atoms with E-state index in [0.29, 0.717) is 18.6 Å². The van der Waals surface area contributed by atoms with E-state index in [2.05, 4.69) is 19.0 Å². The number of hydrogen-bond donors (Lipinski definition) is 2. The zero-order valence-electron chi connectivity index (χ0n) is 11.5. The van der Waals surface area contributed by atoms with Gasteiger partial charge in [0.25, 0.3) is 0 Å². The van der Waals surface area contributed by atoms with E-state index >= 15 is 0 Å². The Bertz CT molecular complexity index is 330. The van der Waals surface area contributed by atoms with Crippen LogP contribution in [0.1, 0.15) is 6.42 Å². The molecule has 1 amide bonds. The Morgan fingerprint density at radius 1 is 1.11 bits per heavy atom. The molecule has 0 unspecified atom stereocenters. The van der Waals surface area contributed by atoms with Gasteiger partial charge >= 0.3 is 18.0 Å². The summed E-state index contributed by atoms with van der Waals surface area (Å²) in [6.45, 7) is 0.555. The lowest BCUT2D eigenvalue weighted by Gasteiger charge is -2.12. The Morgan fingerprint density at radius 3 is 1.84 bits per heavy atom. The van der Waals surface area contributed by atoms with E-state index in [-0.39, 0.29) is 6.09 Å². The summed E-state index contributed by atoms with van der Waals surface area (Å²) in [5, 5.41) is 14.8. The number of carboxylic acid groups (broad SMARTS) is 2. The quantitative estimate of drug-likeness (QED) is 0.687. The molecule has 8 heteroatoms. The van der Waals surface area contributed by atoms with E-state index in [1.807, 2.05) is 0 Å². The predicted octanol–water partition coefficient (Wildman–Crippen LogP) is -0.210. The first-order valence-electron chi connectivity index (χ1n) is 5.63. The number of amides is 1. The van der Waals surface area contributed by atoms with Gasteiger partial charge in [-0.3, -0.25) is 0 Å². The van der Waals surface area contributed by atoms with Gasteiger partial charge in [0.15, 0.2) is 0 Å². The van der Waals surface area contributed by atoms with Crippen molar-refractivity contribution in [3.8, 4) is 0 Å². The van der Waals surface area contributed by atoms with E-state index in [4.69, 9.17) is 24.5 Å². The SMILES string of the molecule is CN(C)C(=O)OC[C@H]1C[C@@H]1N(C)C.O=C(O)C(=O)O. The van der Waals surface area contributed by atoms with Crippen molar-refractivity contribution in [1.82, 2.24) is 9.80 Å². The molecule has 0 bridgehead atoms. The Balaban J connectivity index is 0.000000459. The van der Waals surface area contributed by atoms with Gasteiger partial charge in [0.05, 0.1) is 6.61 Å². The Hall–Kier alpha value is -1.83. The van der Waals surface area contributed by atoms with Crippen LogP contribution in [-0.2, 0) is 14.3 Å². The summed E-state index contributed by atoms with van der Waals surface area (Å²) in [5.74, 6) is -3.11. The largest absolute Gasteiger partial charge is 0.473 e. The topological polar surface area (TPSA) is 107 Å². The second-order valence-electron chi connectivity index (χ2n) is 4.61. The van der Waals surface area contributed by atoms with Crippen molar-refractivity contribution in [2.24, 2.45) is 5.92 Å². The zero-order chi connectivity index (χ0) is 15.2. The molecule has 0 aromatic heterocycles. The molecule has 1 aliphatic rings. The van der Waals surface area contributed by atoms with E-state index in [1.165, 1.54) is 4.90 Å². The molecule has 1 aliphatic carbocycles. The molecule has 0 aromatic carbocycles. The molecule has 0 aliphatic heterocycles. The van der Waals surface area contributed by atoms with Gasteiger partial charge in [-0.15, -0.1) is 0 Å². The molecule has 8 nitrogen and oxygen atoms in total. The third-order valence-electron chi connectivity index (χ3n) is 2.52. The molecule has 0 radical (unpaired) electrons. The van der Waals surface area contributed by atoms with Gasteiger partial charge < -0.3 is 24.7 Å². The van der Waals surface area contributed by atoms with Gasteiger partial charge in [-0.05, 0) is 20.5 Å². The number of ether oxygens (including phenoxy) is 1. The molecular weight excluding hydrogens is 256 g/mol. The fourth-order valence-electron chi connectivity index (χ4n) is 1.35. The van der Waals surface area contributed by atoms with Crippen molar-refractivity contribution in [2.75, 3.05) is 34.8 Å². The summed E-state index contributed by atoms with van der Waals surface area (Å²) in [5.41, 5.74) is 0. The van der Waals surface area contributed by atoms with Crippen LogP contribution < -0.4 is 0 Å². The van der Waals surface area contributed by atoms with Crippen molar-refractivity contribution in [1.29, 1.82) is 0 Å². The second kappa shape index (κ2) is 7.57. The average molecular weight is 276 g/mol. The van der Waals surface area contributed by atoms with Crippen LogP contribution in [0.3, 0.4) is 0 Å². The molecule has 19 heavy (non-hydrogen) atoms. The fraction of sp³-hybridized carbons (Fsp3) is 0.727. The van der Waals surface area contributed by atoms with E-state index in [1.54, 1.807) is 14.1 Å². The summed E-state index contributed by atoms with van der Waals surface area (Å²) >= 11 is 0. The highest BCUT2D eigenvalue weighted by Crippen LogP contribution is 2.34. The molecule has 0 spiro atoms. The standard InChI is InChI=1S/C9H18N2O2.C2H2O4/c1-10(2)8-5-7(8)6-13-9(12)11(3)4;3-1(4)2(5)6/h7-8H,5-6H2,1-4H3;(H,3,4)(H,5,6)/t7-,8+;/m1./s1. The lowest BCUT2D eigenvalue weighted by Crippen LogP contribution is -2.25. The van der Waals surface area contributed by atoms with Gasteiger partial charge in [-0.1, -0.05) is 0 Å². The minimum absolute atomic E-state index is 0.246. The number of hydrogen-bond acceptors (Lipinski definition) is 5. The van der Waals surface area contributed by atoms with Crippen LogP contribution in [0.4, 0.5) is 4.79 Å². The van der Waals surface area contributed by atoms with Crippen LogP contribution in [0.25, 0.3) is 0 Å². The number of carbonyl (C=O) groups is 3. The summed E-state index contributed by atoms with van der Waals surface area (Å²) in [6, 6.07) is 0.606. The normalized spacial score (nSPS) is 20.1. The maximum atomic E-state index is 11.0. The Labute approximate surface area is 111 Å². The molecule has 1 saturated carbocycles. The summed E-state index contributed by atoms with van der Waals surface area (Å²) < 4.78 is 5.07. The first-order chi connectivity index (χ1) is 8.66. The van der Waals surface area contributed by atoms with Gasteiger partial charge in [0.2, 0.25) is 0 Å². The Kier molecular flexibility index (Phi) is 6.84. The van der Waals surface area contributed by atoms with Crippen LogP contribution >= 0.6 is 0 Å². The zero-order valence-corrected chi connectivity index (χ0v) is 11.5. The van der Waals surface area contributed by atoms with Gasteiger partial charge in [-0.25, -0.2) is 14.4 Å². The highest BCUT2D eigenvalue weighted by molar-refractivity contribution is 6.27. The molecule has 1 rings (SSSR count). The van der Waals surface area contributed by atoms with Crippen molar-refractivity contribution < 1.29 is 29.3 Å². The van der Waals surface area contributed by atoms with E-state index < -0.39 is 11.9 Å². The summed E-state index contributed by atoms with van der Waals surface area (Å²) in [7, 11) is 7.49. The molecule has 0 heterocycles. The van der Waals surface area contributed by atoms with Crippen LogP contribution in [0.5, 0.6) is 0 Å². The first-order valence-corrected chi connectivity index (χ1v) is 5.63. The number of aliphatic carboxylic acids is 2. The van der Waals surface area contributed by atoms with Crippen LogP contribution in [-0.4, -0.2) is 78.9 Å². The molecule has 1 fully saturated rings. The van der Waals surface area contributed by atoms with Crippen LogP contribution in [0, 0.1) is 5.92 Å². The lowest BCUT2D eigenvalue weighted by molar-refractivity contribution is -0.159.